The molecule has 0 aromatic carbocycles. The Morgan fingerprint density at radius 2 is 1.92 bits per heavy atom. The molecule has 0 radical (unpaired) electrons. The summed E-state index contributed by atoms with van der Waals surface area (Å²) in [6.45, 7) is 6.70. The van der Waals surface area contributed by atoms with E-state index in [0.29, 0.717) is 11.8 Å². The zero-order chi connectivity index (χ0) is 9.42. The first-order chi connectivity index (χ1) is 6.20. The zero-order valence-electron chi connectivity index (χ0n) is 8.28. The fraction of sp³-hybridized carbons (Fsp3) is 0.455. The number of hydrogen-bond acceptors (Lipinski definition) is 2. The zero-order valence-corrected chi connectivity index (χ0v) is 8.28. The van der Waals surface area contributed by atoms with E-state index >= 15 is 0 Å². The van der Waals surface area contributed by atoms with Crippen molar-refractivity contribution in [3.63, 3.8) is 0 Å². The highest BCUT2D eigenvalue weighted by Crippen LogP contribution is 2.38. The molecule has 1 aromatic rings. The van der Waals surface area contributed by atoms with Gasteiger partial charge >= 0.3 is 0 Å². The second-order valence-electron chi connectivity index (χ2n) is 3.92. The maximum Gasteiger partial charge on any atom is 0.0571 e. The lowest BCUT2D eigenvalue weighted by molar-refractivity contribution is 0.696. The molecule has 2 rings (SSSR count). The quantitative estimate of drug-likeness (QED) is 0.654. The highest BCUT2D eigenvalue weighted by atomic mass is 15.1. The number of nitrogens with zero attached hydrogens (tertiary/aromatic N) is 2. The number of fused-ring (bicyclic) bond motifs is 1. The Kier molecular flexibility index (Phi) is 1.91. The predicted molar refractivity (Wildman–Crippen MR) is 53.3 cm³/mol. The number of rotatable bonds is 1. The van der Waals surface area contributed by atoms with E-state index in [9.17, 15) is 0 Å². The molecule has 1 aliphatic carbocycles. The van der Waals surface area contributed by atoms with Crippen molar-refractivity contribution >= 4 is 6.08 Å². The van der Waals surface area contributed by atoms with E-state index in [4.69, 9.17) is 0 Å². The molecule has 2 heteroatoms. The first-order valence-corrected chi connectivity index (χ1v) is 4.72. The lowest BCUT2D eigenvalue weighted by Gasteiger charge is -2.13. The van der Waals surface area contributed by atoms with Crippen molar-refractivity contribution < 1.29 is 0 Å². The Labute approximate surface area is 78.7 Å². The van der Waals surface area contributed by atoms with Crippen LogP contribution in [-0.2, 0) is 0 Å². The van der Waals surface area contributed by atoms with Gasteiger partial charge in [0, 0.05) is 5.92 Å². The molecule has 1 heterocycles. The molecule has 1 atom stereocenters. The van der Waals surface area contributed by atoms with Gasteiger partial charge in [0.15, 0.2) is 0 Å². The van der Waals surface area contributed by atoms with Gasteiger partial charge in [-0.25, -0.2) is 0 Å². The summed E-state index contributed by atoms with van der Waals surface area (Å²) in [5.74, 6) is 1.13. The Morgan fingerprint density at radius 1 is 1.23 bits per heavy atom. The van der Waals surface area contributed by atoms with Crippen LogP contribution in [0.1, 0.15) is 37.8 Å². The Morgan fingerprint density at radius 3 is 2.54 bits per heavy atom. The highest BCUT2D eigenvalue weighted by Gasteiger charge is 2.23. The molecule has 0 saturated heterocycles. The summed E-state index contributed by atoms with van der Waals surface area (Å²) < 4.78 is 0. The molecule has 2 nitrogen and oxygen atoms in total. The summed E-state index contributed by atoms with van der Waals surface area (Å²) >= 11 is 0. The van der Waals surface area contributed by atoms with E-state index < -0.39 is 0 Å². The van der Waals surface area contributed by atoms with Gasteiger partial charge < -0.3 is 0 Å². The summed E-state index contributed by atoms with van der Waals surface area (Å²) in [4.78, 5) is 0. The standard InChI is InChI=1S/C11H14N2/c1-7(2)10-4-9-5-12-13-6-11(9)8(10)3/h4-8H,1-3H3. The van der Waals surface area contributed by atoms with Crippen molar-refractivity contribution in [2.45, 2.75) is 26.7 Å². The third-order valence-corrected chi connectivity index (χ3v) is 2.75. The van der Waals surface area contributed by atoms with Crippen LogP contribution >= 0.6 is 0 Å². The van der Waals surface area contributed by atoms with Gasteiger partial charge in [-0.2, -0.15) is 10.2 Å². The minimum absolute atomic E-state index is 0.519. The monoisotopic (exact) mass is 174 g/mol. The molecule has 0 aliphatic heterocycles. The van der Waals surface area contributed by atoms with E-state index in [1.165, 1.54) is 16.7 Å². The minimum Gasteiger partial charge on any atom is -0.159 e. The van der Waals surface area contributed by atoms with Gasteiger partial charge in [0.2, 0.25) is 0 Å². The van der Waals surface area contributed by atoms with Gasteiger partial charge in [0.25, 0.3) is 0 Å². The molecule has 1 aliphatic rings. The average Bonchev–Trinajstić information content (AvgIpc) is 2.45. The summed E-state index contributed by atoms with van der Waals surface area (Å²) in [5.41, 5.74) is 4.05. The fourth-order valence-corrected chi connectivity index (χ4v) is 1.97. The lowest BCUT2D eigenvalue weighted by Crippen LogP contribution is -2.00. The second-order valence-corrected chi connectivity index (χ2v) is 3.92. The molecule has 0 spiro atoms. The van der Waals surface area contributed by atoms with Crippen LogP contribution in [0.2, 0.25) is 0 Å². The number of allylic oxidation sites excluding steroid dienone is 1. The van der Waals surface area contributed by atoms with Crippen molar-refractivity contribution in [2.24, 2.45) is 5.92 Å². The third kappa shape index (κ3) is 1.26. The van der Waals surface area contributed by atoms with Crippen molar-refractivity contribution in [2.75, 3.05) is 0 Å². The van der Waals surface area contributed by atoms with Gasteiger partial charge in [-0.3, -0.25) is 0 Å². The van der Waals surface area contributed by atoms with Crippen LogP contribution in [-0.4, -0.2) is 10.2 Å². The van der Waals surface area contributed by atoms with Crippen molar-refractivity contribution in [3.05, 3.63) is 29.1 Å². The van der Waals surface area contributed by atoms with Gasteiger partial charge in [-0.05, 0) is 17.0 Å². The van der Waals surface area contributed by atoms with E-state index in [2.05, 4.69) is 37.0 Å². The Balaban J connectivity index is 2.44. The summed E-state index contributed by atoms with van der Waals surface area (Å²) in [7, 11) is 0. The van der Waals surface area contributed by atoms with Crippen LogP contribution in [0.5, 0.6) is 0 Å². The van der Waals surface area contributed by atoms with Crippen LogP contribution in [0.15, 0.2) is 18.0 Å². The SMILES string of the molecule is CC(C)C1=Cc2cnncc2C1C. The second kappa shape index (κ2) is 2.95. The van der Waals surface area contributed by atoms with Gasteiger partial charge in [0.1, 0.15) is 0 Å². The van der Waals surface area contributed by atoms with E-state index in [1.54, 1.807) is 0 Å². The molecule has 68 valence electrons. The molecule has 1 unspecified atom stereocenters. The van der Waals surface area contributed by atoms with Gasteiger partial charge in [-0.1, -0.05) is 32.4 Å². The summed E-state index contributed by atoms with van der Waals surface area (Å²) in [5, 5.41) is 7.81. The first-order valence-electron chi connectivity index (χ1n) is 4.72. The minimum atomic E-state index is 0.519. The van der Waals surface area contributed by atoms with Crippen molar-refractivity contribution in [1.82, 2.24) is 10.2 Å². The van der Waals surface area contributed by atoms with Crippen LogP contribution in [0, 0.1) is 5.92 Å². The molecule has 1 aromatic heterocycles. The summed E-state index contributed by atoms with van der Waals surface area (Å²) in [6, 6.07) is 0. The maximum absolute atomic E-state index is 3.92. The fourth-order valence-electron chi connectivity index (χ4n) is 1.97. The van der Waals surface area contributed by atoms with Gasteiger partial charge in [-0.15, -0.1) is 0 Å². The molecule has 0 saturated carbocycles. The van der Waals surface area contributed by atoms with Crippen molar-refractivity contribution in [1.29, 1.82) is 0 Å². The number of aromatic nitrogens is 2. The largest absolute Gasteiger partial charge is 0.159 e. The Hall–Kier alpha value is -1.18. The molecular weight excluding hydrogens is 160 g/mol. The van der Waals surface area contributed by atoms with Crippen LogP contribution < -0.4 is 0 Å². The molecule has 0 fully saturated rings. The topological polar surface area (TPSA) is 25.8 Å². The van der Waals surface area contributed by atoms with Gasteiger partial charge in [0.05, 0.1) is 12.4 Å². The van der Waals surface area contributed by atoms with Crippen LogP contribution in [0.4, 0.5) is 0 Å². The molecule has 0 amide bonds. The molecule has 13 heavy (non-hydrogen) atoms. The van der Waals surface area contributed by atoms with E-state index in [-0.39, 0.29) is 0 Å². The van der Waals surface area contributed by atoms with Crippen LogP contribution in [0.25, 0.3) is 6.08 Å². The third-order valence-electron chi connectivity index (χ3n) is 2.75. The summed E-state index contributed by atoms with van der Waals surface area (Å²) in [6.07, 6.45) is 5.98. The molecule has 0 N–H and O–H groups in total. The lowest BCUT2D eigenvalue weighted by atomic mass is 9.92. The maximum atomic E-state index is 3.92. The predicted octanol–water partition coefficient (Wildman–Crippen LogP) is 2.63. The first kappa shape index (κ1) is 8.42. The highest BCUT2D eigenvalue weighted by molar-refractivity contribution is 5.65. The molecule has 0 bridgehead atoms. The van der Waals surface area contributed by atoms with E-state index in [0.717, 1.165) is 0 Å². The van der Waals surface area contributed by atoms with Crippen molar-refractivity contribution in [3.8, 4) is 0 Å². The number of hydrogen-bond donors (Lipinski definition) is 0. The Bertz CT molecular complexity index is 353. The normalized spacial score (nSPS) is 20.3. The van der Waals surface area contributed by atoms with Crippen LogP contribution in [0.3, 0.4) is 0 Å². The average molecular weight is 174 g/mol. The van der Waals surface area contributed by atoms with E-state index in [1.807, 2.05) is 12.4 Å². The molecular formula is C11H14N2. The smallest absolute Gasteiger partial charge is 0.0571 e.